The first kappa shape index (κ1) is 41.9. The van der Waals surface area contributed by atoms with Crippen LogP contribution in [-0.2, 0) is 65.1 Å². The number of para-hydroxylation sites is 1. The highest BCUT2D eigenvalue weighted by molar-refractivity contribution is 7.96. The molecule has 0 aliphatic heterocycles. The summed E-state index contributed by atoms with van der Waals surface area (Å²) in [5, 5.41) is 0.665. The summed E-state index contributed by atoms with van der Waals surface area (Å²) in [6, 6.07) is 2.99. The lowest BCUT2D eigenvalue weighted by molar-refractivity contribution is -0.159. The highest BCUT2D eigenvalue weighted by Crippen LogP contribution is 2.49. The van der Waals surface area contributed by atoms with Gasteiger partial charge in [0.2, 0.25) is 23.6 Å². The molecule has 0 aliphatic rings. The van der Waals surface area contributed by atoms with Crippen LogP contribution in [-0.4, -0.2) is 70.2 Å². The van der Waals surface area contributed by atoms with Gasteiger partial charge in [0.25, 0.3) is 45.9 Å². The van der Waals surface area contributed by atoms with Crippen molar-refractivity contribution in [2.24, 2.45) is 0 Å². The van der Waals surface area contributed by atoms with E-state index in [9.17, 15) is 52.8 Å². The lowest BCUT2D eigenvalue weighted by Gasteiger charge is -2.52. The quantitative estimate of drug-likeness (QED) is 0.210. The highest BCUT2D eigenvalue weighted by Gasteiger charge is 2.65. The summed E-state index contributed by atoms with van der Waals surface area (Å²) in [7, 11) is -21.5. The summed E-state index contributed by atoms with van der Waals surface area (Å²) < 4.78 is 110. The number of sulfonamides is 4. The summed E-state index contributed by atoms with van der Waals surface area (Å²) in [5.41, 5.74) is -2.30. The Kier molecular flexibility index (Phi) is 13.4. The average molecular weight is 751 g/mol. The first-order chi connectivity index (χ1) is 22.1. The smallest absolute Gasteiger partial charge is 0.269 e. The number of carbonyl (C=O) groups is 4. The molecule has 0 saturated heterocycles. The van der Waals surface area contributed by atoms with Crippen LogP contribution in [0.25, 0.3) is 0 Å². The van der Waals surface area contributed by atoms with Crippen molar-refractivity contribution in [2.75, 3.05) is 4.31 Å². The van der Waals surface area contributed by atoms with Crippen molar-refractivity contribution in [3.05, 3.63) is 77.3 Å². The third kappa shape index (κ3) is 7.30. The predicted molar refractivity (Wildman–Crippen MR) is 179 cm³/mol. The van der Waals surface area contributed by atoms with Gasteiger partial charge < -0.3 is 0 Å². The van der Waals surface area contributed by atoms with E-state index in [2.05, 4.69) is 26.3 Å². The Morgan fingerprint density at radius 1 is 0.583 bits per heavy atom. The zero-order chi connectivity index (χ0) is 37.6. The number of aryl methyl sites for hydroxylation is 1. The number of amides is 4. The van der Waals surface area contributed by atoms with Crippen molar-refractivity contribution >= 4 is 69.4 Å². The molecule has 0 aliphatic carbocycles. The van der Waals surface area contributed by atoms with Crippen molar-refractivity contribution < 1.29 is 52.8 Å². The zero-order valence-corrected chi connectivity index (χ0v) is 30.3. The van der Waals surface area contributed by atoms with Gasteiger partial charge >= 0.3 is 0 Å². The Morgan fingerprint density at radius 2 is 0.896 bits per heavy atom. The minimum absolute atomic E-state index is 0.0683. The molecule has 16 nitrogen and oxygen atoms in total. The molecule has 0 atom stereocenters. The van der Waals surface area contributed by atoms with Gasteiger partial charge in [-0.1, -0.05) is 72.2 Å². The van der Waals surface area contributed by atoms with Gasteiger partial charge in [0, 0.05) is 52.9 Å². The molecule has 0 aromatic heterocycles. The fraction of sp³-hybridized carbons (Fsp3) is 0.357. The SMILES string of the molecule is C=CS(=O)(=O)N(C(=O)CC)c1c(C)cccc1C(N(C(=O)CC)S(=O)(=O)C=C)(N(C(=O)CC)S(=O)(=O)C=C)N(C(=O)CC)S(=O)(=O)C=C. The summed E-state index contributed by atoms with van der Waals surface area (Å²) in [4.78, 5) is 55.4. The van der Waals surface area contributed by atoms with E-state index in [4.69, 9.17) is 0 Å². The Balaban J connectivity index is 5.56. The molecule has 0 saturated carbocycles. The van der Waals surface area contributed by atoms with Crippen molar-refractivity contribution in [2.45, 2.75) is 66.1 Å². The second kappa shape index (κ2) is 15.4. The van der Waals surface area contributed by atoms with Crippen LogP contribution in [0.15, 0.2) is 66.1 Å². The monoisotopic (exact) mass is 750 g/mol. The summed E-state index contributed by atoms with van der Waals surface area (Å²) in [6.07, 6.45) is -3.10. The van der Waals surface area contributed by atoms with E-state index in [-0.39, 0.29) is 39.0 Å². The lowest BCUT2D eigenvalue weighted by atomic mass is 9.99. The molecule has 0 heterocycles. The zero-order valence-electron chi connectivity index (χ0n) is 27.0. The van der Waals surface area contributed by atoms with Crippen LogP contribution in [0.4, 0.5) is 5.69 Å². The Morgan fingerprint density at radius 3 is 1.17 bits per heavy atom. The maximum Gasteiger partial charge on any atom is 0.269 e. The second-order valence-corrected chi connectivity index (χ2v) is 16.4. The van der Waals surface area contributed by atoms with Crippen molar-refractivity contribution in [3.8, 4) is 0 Å². The number of rotatable bonds is 17. The van der Waals surface area contributed by atoms with Crippen LogP contribution < -0.4 is 4.31 Å². The number of nitrogens with zero attached hydrogens (tertiary/aromatic N) is 4. The fourth-order valence-corrected chi connectivity index (χ4v) is 9.27. The number of carbonyl (C=O) groups excluding carboxylic acids is 4. The van der Waals surface area contributed by atoms with E-state index < -0.39 is 106 Å². The van der Waals surface area contributed by atoms with Gasteiger partial charge in [-0.25, -0.2) is 38.0 Å². The molecule has 0 N–H and O–H groups in total. The van der Waals surface area contributed by atoms with E-state index in [1.807, 2.05) is 0 Å². The standard InChI is InChI=1S/C28H38N4O12S4/c1-10-23(33)29(45(37,38)14-5)27-21(9)19-18-20-22(27)28(30(24(34)11-2)46(39,40)15-6,31(25(35)12-3)47(41,42)16-7)32(26(36)13-4)48(43,44)17-8/h14-20H,5-8,10-13H2,1-4,9H3. The summed E-state index contributed by atoms with van der Waals surface area (Å²) >= 11 is 0. The highest BCUT2D eigenvalue weighted by atomic mass is 32.2. The lowest BCUT2D eigenvalue weighted by Crippen LogP contribution is -2.73. The van der Waals surface area contributed by atoms with Gasteiger partial charge in [-0.3, -0.25) is 19.2 Å². The van der Waals surface area contributed by atoms with Gasteiger partial charge in [-0.15, -0.1) is 0 Å². The van der Waals surface area contributed by atoms with Crippen LogP contribution in [0.1, 0.15) is 64.5 Å². The summed E-state index contributed by atoms with van der Waals surface area (Å²) in [6.45, 7) is 18.4. The Hall–Kier alpha value is -4.14. The normalized spacial score (nSPS) is 12.3. The van der Waals surface area contributed by atoms with E-state index in [0.717, 1.165) is 32.9 Å². The molecular weight excluding hydrogens is 713 g/mol. The number of hydrogen-bond donors (Lipinski definition) is 0. The average Bonchev–Trinajstić information content (AvgIpc) is 3.04. The van der Waals surface area contributed by atoms with Crippen molar-refractivity contribution in [3.63, 3.8) is 0 Å². The van der Waals surface area contributed by atoms with Gasteiger partial charge in [0.1, 0.15) is 0 Å². The van der Waals surface area contributed by atoms with Crippen LogP contribution in [0.2, 0.25) is 0 Å². The van der Waals surface area contributed by atoms with Gasteiger partial charge in [-0.05, 0) is 12.5 Å². The second-order valence-electron chi connectivity index (χ2n) is 9.50. The fourth-order valence-electron chi connectivity index (χ4n) is 4.52. The molecule has 266 valence electrons. The molecule has 0 bridgehead atoms. The topological polar surface area (TPSA) is 218 Å². The van der Waals surface area contributed by atoms with Gasteiger partial charge in [0.05, 0.1) is 5.69 Å². The Labute approximate surface area is 281 Å². The molecule has 0 fully saturated rings. The molecule has 48 heavy (non-hydrogen) atoms. The largest absolute Gasteiger partial charge is 0.274 e. The first-order valence-corrected chi connectivity index (χ1v) is 20.0. The maximum absolute atomic E-state index is 14.0. The van der Waals surface area contributed by atoms with Crippen molar-refractivity contribution in [1.82, 2.24) is 12.9 Å². The Bertz CT molecular complexity index is 1830. The number of benzene rings is 1. The maximum atomic E-state index is 14.0. The molecule has 1 rings (SSSR count). The van der Waals surface area contributed by atoms with Crippen LogP contribution >= 0.6 is 0 Å². The summed E-state index contributed by atoms with van der Waals surface area (Å²) in [5.74, 6) is -10.1. The molecule has 0 spiro atoms. The molecule has 4 amide bonds. The van der Waals surface area contributed by atoms with Crippen LogP contribution in [0, 0.1) is 6.92 Å². The minimum atomic E-state index is -5.52. The van der Waals surface area contributed by atoms with Gasteiger partial charge in [0.15, 0.2) is 0 Å². The van der Waals surface area contributed by atoms with Crippen molar-refractivity contribution in [1.29, 1.82) is 0 Å². The third-order valence-electron chi connectivity index (χ3n) is 6.63. The van der Waals surface area contributed by atoms with E-state index in [0.29, 0.717) is 5.41 Å². The predicted octanol–water partition coefficient (Wildman–Crippen LogP) is 2.46. The molecule has 1 aromatic rings. The van der Waals surface area contributed by atoms with Crippen LogP contribution in [0.3, 0.4) is 0 Å². The molecular formula is C28H38N4O12S4. The van der Waals surface area contributed by atoms with E-state index in [1.54, 1.807) is 0 Å². The molecule has 0 unspecified atom stereocenters. The third-order valence-corrected chi connectivity index (χ3v) is 12.1. The number of anilines is 1. The first-order valence-electron chi connectivity index (χ1n) is 14.0. The molecule has 0 radical (unpaired) electrons. The number of hydrogen-bond acceptors (Lipinski definition) is 12. The van der Waals surface area contributed by atoms with Crippen LogP contribution in [0.5, 0.6) is 0 Å². The van der Waals surface area contributed by atoms with E-state index in [1.165, 1.54) is 19.9 Å². The van der Waals surface area contributed by atoms with E-state index >= 15 is 0 Å². The molecule has 20 heteroatoms. The minimum Gasteiger partial charge on any atom is -0.274 e. The molecule has 1 aromatic carbocycles. The van der Waals surface area contributed by atoms with Gasteiger partial charge in [-0.2, -0.15) is 12.9 Å².